The van der Waals surface area contributed by atoms with Crippen LogP contribution in [-0.2, 0) is 4.79 Å². The van der Waals surface area contributed by atoms with Crippen LogP contribution in [0.3, 0.4) is 0 Å². The maximum absolute atomic E-state index is 12.2. The molecule has 1 aromatic carbocycles. The largest absolute Gasteiger partial charge is 0.372 e. The summed E-state index contributed by atoms with van der Waals surface area (Å²) in [5.41, 5.74) is 1.97. The molecule has 1 aliphatic heterocycles. The molecule has 1 saturated heterocycles. The number of nitrogens with zero attached hydrogens (tertiary/aromatic N) is 1. The number of carbonyl (C=O) groups is 2. The second-order valence-corrected chi connectivity index (χ2v) is 6.62. The predicted octanol–water partition coefficient (Wildman–Crippen LogP) is 3.56. The fraction of sp³-hybridized carbons (Fsp3) is 0.294. The number of benzene rings is 1. The third-order valence-electron chi connectivity index (χ3n) is 3.73. The van der Waals surface area contributed by atoms with Crippen molar-refractivity contribution in [3.63, 3.8) is 0 Å². The van der Waals surface area contributed by atoms with E-state index in [1.807, 2.05) is 24.3 Å². The highest BCUT2D eigenvalue weighted by molar-refractivity contribution is 7.18. The molecule has 2 aromatic rings. The summed E-state index contributed by atoms with van der Waals surface area (Å²) in [5, 5.41) is 6.23. The molecule has 0 unspecified atom stereocenters. The minimum absolute atomic E-state index is 0.142. The second-order valence-electron chi connectivity index (χ2n) is 5.54. The van der Waals surface area contributed by atoms with Crippen LogP contribution in [0.15, 0.2) is 36.4 Å². The Morgan fingerprint density at radius 2 is 1.70 bits per heavy atom. The number of hydrogen-bond donors (Lipinski definition) is 2. The van der Waals surface area contributed by atoms with E-state index >= 15 is 0 Å². The molecule has 2 amide bonds. The van der Waals surface area contributed by atoms with Crippen LogP contribution in [0.4, 0.5) is 16.4 Å². The average Bonchev–Trinajstić information content (AvgIpc) is 3.19. The van der Waals surface area contributed by atoms with Crippen LogP contribution in [0.25, 0.3) is 0 Å². The zero-order valence-electron chi connectivity index (χ0n) is 13.0. The third kappa shape index (κ3) is 3.90. The molecule has 0 atom stereocenters. The molecular weight excluding hydrogens is 310 g/mol. The van der Waals surface area contributed by atoms with Crippen LogP contribution in [0.5, 0.6) is 0 Å². The summed E-state index contributed by atoms with van der Waals surface area (Å²) in [6.45, 7) is 3.65. The Kier molecular flexibility index (Phi) is 4.62. The van der Waals surface area contributed by atoms with Gasteiger partial charge in [-0.2, -0.15) is 0 Å². The van der Waals surface area contributed by atoms with Crippen molar-refractivity contribution < 1.29 is 9.59 Å². The molecule has 1 aromatic heterocycles. The molecule has 0 saturated carbocycles. The van der Waals surface area contributed by atoms with Crippen molar-refractivity contribution in [1.82, 2.24) is 0 Å². The predicted molar refractivity (Wildman–Crippen MR) is 94.5 cm³/mol. The first-order valence-corrected chi connectivity index (χ1v) is 8.47. The number of anilines is 3. The Balaban J connectivity index is 1.63. The van der Waals surface area contributed by atoms with Gasteiger partial charge in [-0.15, -0.1) is 11.3 Å². The SMILES string of the molecule is CC(=O)Nc1ccc(C(=O)Nc2ccc(N3CCCC3)cc2)s1. The van der Waals surface area contributed by atoms with E-state index in [2.05, 4.69) is 15.5 Å². The summed E-state index contributed by atoms with van der Waals surface area (Å²) in [7, 11) is 0. The van der Waals surface area contributed by atoms with Crippen molar-refractivity contribution in [2.24, 2.45) is 0 Å². The van der Waals surface area contributed by atoms with Gasteiger partial charge in [0.05, 0.1) is 9.88 Å². The Morgan fingerprint density at radius 1 is 1.00 bits per heavy atom. The van der Waals surface area contributed by atoms with Gasteiger partial charge in [-0.1, -0.05) is 0 Å². The topological polar surface area (TPSA) is 61.4 Å². The van der Waals surface area contributed by atoms with Gasteiger partial charge in [-0.05, 0) is 49.2 Å². The van der Waals surface area contributed by atoms with Crippen molar-refractivity contribution in [3.8, 4) is 0 Å². The highest BCUT2D eigenvalue weighted by Crippen LogP contribution is 2.25. The molecule has 2 N–H and O–H groups in total. The Morgan fingerprint density at radius 3 is 2.35 bits per heavy atom. The van der Waals surface area contributed by atoms with E-state index in [0.717, 1.165) is 18.8 Å². The molecule has 6 heteroatoms. The molecule has 23 heavy (non-hydrogen) atoms. The van der Waals surface area contributed by atoms with Crippen molar-refractivity contribution in [2.75, 3.05) is 28.6 Å². The summed E-state index contributed by atoms with van der Waals surface area (Å²) < 4.78 is 0. The zero-order valence-corrected chi connectivity index (χ0v) is 13.8. The highest BCUT2D eigenvalue weighted by atomic mass is 32.1. The first kappa shape index (κ1) is 15.6. The quantitative estimate of drug-likeness (QED) is 0.901. The molecule has 0 spiro atoms. The monoisotopic (exact) mass is 329 g/mol. The normalized spacial score (nSPS) is 13.9. The minimum atomic E-state index is -0.166. The zero-order chi connectivity index (χ0) is 16.2. The van der Waals surface area contributed by atoms with Crippen LogP contribution in [0, 0.1) is 0 Å². The highest BCUT2D eigenvalue weighted by Gasteiger charge is 2.13. The number of amides is 2. The standard InChI is InChI=1S/C17H19N3O2S/c1-12(21)18-16-9-8-15(23-16)17(22)19-13-4-6-14(7-5-13)20-10-2-3-11-20/h4-9H,2-3,10-11H2,1H3,(H,18,21)(H,19,22). The van der Waals surface area contributed by atoms with Crippen LogP contribution in [0.1, 0.15) is 29.4 Å². The van der Waals surface area contributed by atoms with Gasteiger partial charge in [0.1, 0.15) is 0 Å². The summed E-state index contributed by atoms with van der Waals surface area (Å²) in [6.07, 6.45) is 2.49. The maximum Gasteiger partial charge on any atom is 0.265 e. The van der Waals surface area contributed by atoms with Crippen LogP contribution in [-0.4, -0.2) is 24.9 Å². The maximum atomic E-state index is 12.2. The number of hydrogen-bond acceptors (Lipinski definition) is 4. The van der Waals surface area contributed by atoms with E-state index in [1.165, 1.54) is 36.8 Å². The fourth-order valence-electron chi connectivity index (χ4n) is 2.62. The van der Waals surface area contributed by atoms with Crippen molar-refractivity contribution in [1.29, 1.82) is 0 Å². The van der Waals surface area contributed by atoms with E-state index in [9.17, 15) is 9.59 Å². The van der Waals surface area contributed by atoms with Crippen molar-refractivity contribution >= 4 is 39.5 Å². The molecule has 120 valence electrons. The molecule has 1 aliphatic rings. The third-order valence-corrected chi connectivity index (χ3v) is 4.72. The van der Waals surface area contributed by atoms with E-state index in [1.54, 1.807) is 12.1 Å². The second kappa shape index (κ2) is 6.83. The lowest BCUT2D eigenvalue weighted by atomic mass is 10.2. The lowest BCUT2D eigenvalue weighted by Crippen LogP contribution is -2.17. The lowest BCUT2D eigenvalue weighted by molar-refractivity contribution is -0.114. The van der Waals surface area contributed by atoms with Gasteiger partial charge in [-0.25, -0.2) is 0 Å². The van der Waals surface area contributed by atoms with E-state index in [-0.39, 0.29) is 11.8 Å². The van der Waals surface area contributed by atoms with Gasteiger partial charge >= 0.3 is 0 Å². The van der Waals surface area contributed by atoms with Crippen LogP contribution >= 0.6 is 11.3 Å². The number of thiophene rings is 1. The average molecular weight is 329 g/mol. The van der Waals surface area contributed by atoms with Gasteiger partial charge in [0.15, 0.2) is 0 Å². The summed E-state index contributed by atoms with van der Waals surface area (Å²) in [5.74, 6) is -0.308. The van der Waals surface area contributed by atoms with Crippen molar-refractivity contribution in [3.05, 3.63) is 41.3 Å². The first-order chi connectivity index (χ1) is 11.1. The minimum Gasteiger partial charge on any atom is -0.372 e. The van der Waals surface area contributed by atoms with Gasteiger partial charge in [0, 0.05) is 31.4 Å². The number of nitrogens with one attached hydrogen (secondary N) is 2. The number of carbonyl (C=O) groups excluding carboxylic acids is 2. The Bertz CT molecular complexity index is 703. The molecule has 5 nitrogen and oxygen atoms in total. The van der Waals surface area contributed by atoms with Crippen LogP contribution < -0.4 is 15.5 Å². The molecular formula is C17H19N3O2S. The Hall–Kier alpha value is -2.34. The first-order valence-electron chi connectivity index (χ1n) is 7.65. The molecule has 0 radical (unpaired) electrons. The molecule has 2 heterocycles. The smallest absolute Gasteiger partial charge is 0.265 e. The van der Waals surface area contributed by atoms with E-state index in [0.29, 0.717) is 9.88 Å². The van der Waals surface area contributed by atoms with Gasteiger partial charge in [0.2, 0.25) is 5.91 Å². The molecule has 0 bridgehead atoms. The summed E-state index contributed by atoms with van der Waals surface area (Å²) >= 11 is 1.26. The van der Waals surface area contributed by atoms with Gasteiger partial charge in [0.25, 0.3) is 5.91 Å². The van der Waals surface area contributed by atoms with Gasteiger partial charge < -0.3 is 15.5 Å². The van der Waals surface area contributed by atoms with E-state index in [4.69, 9.17) is 0 Å². The molecule has 3 rings (SSSR count). The summed E-state index contributed by atoms with van der Waals surface area (Å²) in [4.78, 5) is 26.2. The summed E-state index contributed by atoms with van der Waals surface area (Å²) in [6, 6.07) is 11.4. The molecule has 1 fully saturated rings. The van der Waals surface area contributed by atoms with Gasteiger partial charge in [-0.3, -0.25) is 9.59 Å². The van der Waals surface area contributed by atoms with Crippen molar-refractivity contribution in [2.45, 2.75) is 19.8 Å². The Labute approximate surface area is 139 Å². The lowest BCUT2D eigenvalue weighted by Gasteiger charge is -2.17. The van der Waals surface area contributed by atoms with E-state index < -0.39 is 0 Å². The fourth-order valence-corrected chi connectivity index (χ4v) is 3.47. The number of rotatable bonds is 4. The molecule has 0 aliphatic carbocycles. The van der Waals surface area contributed by atoms with Crippen LogP contribution in [0.2, 0.25) is 0 Å².